The number of aliphatic hydroxyl groups excluding tert-OH is 1. The van der Waals surface area contributed by atoms with Crippen LogP contribution < -0.4 is 0 Å². The van der Waals surface area contributed by atoms with Gasteiger partial charge in [0, 0.05) is 29.6 Å². The molecule has 0 saturated heterocycles. The molecule has 1 atom stereocenters. The number of imidazole rings is 1. The van der Waals surface area contributed by atoms with Gasteiger partial charge >= 0.3 is 0 Å². The van der Waals surface area contributed by atoms with Gasteiger partial charge in [-0.3, -0.25) is 0 Å². The zero-order valence-electron chi connectivity index (χ0n) is 11.4. The van der Waals surface area contributed by atoms with E-state index in [1.54, 1.807) is 18.0 Å². The van der Waals surface area contributed by atoms with Crippen LogP contribution in [0.4, 0.5) is 0 Å². The Labute approximate surface area is 118 Å². The lowest BCUT2D eigenvalue weighted by Crippen LogP contribution is -2.10. The third kappa shape index (κ3) is 3.61. The van der Waals surface area contributed by atoms with E-state index >= 15 is 0 Å². The molecule has 1 N–H and O–H groups in total. The Morgan fingerprint density at radius 3 is 2.89 bits per heavy atom. The minimum Gasteiger partial charge on any atom is -0.384 e. The van der Waals surface area contributed by atoms with E-state index in [1.807, 2.05) is 22.9 Å². The Morgan fingerprint density at radius 2 is 2.16 bits per heavy atom. The molecule has 19 heavy (non-hydrogen) atoms. The minimum atomic E-state index is -0.522. The fraction of sp³-hybridized carbons (Fsp3) is 0.400. The van der Waals surface area contributed by atoms with E-state index in [0.717, 1.165) is 18.8 Å². The maximum absolute atomic E-state index is 10.3. The number of hydrogen-bond donors (Lipinski definition) is 1. The summed E-state index contributed by atoms with van der Waals surface area (Å²) in [5.74, 6) is 1.40. The summed E-state index contributed by atoms with van der Waals surface area (Å²) in [6, 6.07) is 8.24. The molecule has 4 heteroatoms. The molecular formula is C15H20N2OS. The molecule has 0 fully saturated rings. The summed E-state index contributed by atoms with van der Waals surface area (Å²) in [6.45, 7) is 5.12. The number of rotatable bonds is 6. The largest absolute Gasteiger partial charge is 0.384 e. The van der Waals surface area contributed by atoms with Crippen molar-refractivity contribution >= 4 is 11.8 Å². The highest BCUT2D eigenvalue weighted by atomic mass is 32.2. The van der Waals surface area contributed by atoms with Gasteiger partial charge < -0.3 is 9.67 Å². The SMILES string of the molecule is CCCn1ccnc1C(O)CSc1ccccc1C. The second-order valence-electron chi connectivity index (χ2n) is 4.57. The van der Waals surface area contributed by atoms with Crippen molar-refractivity contribution in [2.45, 2.75) is 37.8 Å². The normalized spacial score (nSPS) is 12.6. The Morgan fingerprint density at radius 1 is 1.37 bits per heavy atom. The highest BCUT2D eigenvalue weighted by Gasteiger charge is 2.14. The molecule has 0 saturated carbocycles. The first-order valence-electron chi connectivity index (χ1n) is 6.60. The van der Waals surface area contributed by atoms with Crippen LogP contribution in [0.15, 0.2) is 41.6 Å². The maximum atomic E-state index is 10.3. The van der Waals surface area contributed by atoms with E-state index in [9.17, 15) is 5.11 Å². The van der Waals surface area contributed by atoms with Crippen molar-refractivity contribution in [3.63, 3.8) is 0 Å². The van der Waals surface area contributed by atoms with Gasteiger partial charge in [-0.25, -0.2) is 4.98 Å². The highest BCUT2D eigenvalue weighted by Crippen LogP contribution is 2.26. The monoisotopic (exact) mass is 276 g/mol. The molecule has 0 amide bonds. The zero-order valence-corrected chi connectivity index (χ0v) is 12.2. The van der Waals surface area contributed by atoms with Gasteiger partial charge in [0.25, 0.3) is 0 Å². The number of aromatic nitrogens is 2. The predicted octanol–water partition coefficient (Wildman–Crippen LogP) is 3.43. The summed E-state index contributed by atoms with van der Waals surface area (Å²) < 4.78 is 2.03. The fourth-order valence-corrected chi connectivity index (χ4v) is 2.97. The second-order valence-corrected chi connectivity index (χ2v) is 5.63. The van der Waals surface area contributed by atoms with Crippen molar-refractivity contribution in [1.82, 2.24) is 9.55 Å². The Balaban J connectivity index is 1.99. The molecule has 102 valence electrons. The average molecular weight is 276 g/mol. The minimum absolute atomic E-state index is 0.522. The van der Waals surface area contributed by atoms with Crippen LogP contribution in [-0.2, 0) is 6.54 Å². The summed E-state index contributed by atoms with van der Waals surface area (Å²) in [6.07, 6.45) is 4.21. The van der Waals surface area contributed by atoms with E-state index in [1.165, 1.54) is 10.5 Å². The second kappa shape index (κ2) is 6.78. The molecule has 0 spiro atoms. The average Bonchev–Trinajstić information content (AvgIpc) is 2.86. The summed E-state index contributed by atoms with van der Waals surface area (Å²) in [4.78, 5) is 5.49. The maximum Gasteiger partial charge on any atom is 0.138 e. The van der Waals surface area contributed by atoms with Crippen LogP contribution in [0.1, 0.15) is 30.8 Å². The van der Waals surface area contributed by atoms with Crippen LogP contribution in [0, 0.1) is 6.92 Å². The molecule has 1 unspecified atom stereocenters. The van der Waals surface area contributed by atoms with Crippen LogP contribution >= 0.6 is 11.8 Å². The summed E-state index contributed by atoms with van der Waals surface area (Å²) >= 11 is 1.68. The van der Waals surface area contributed by atoms with Crippen molar-refractivity contribution in [1.29, 1.82) is 0 Å². The van der Waals surface area contributed by atoms with Gasteiger partial charge in [-0.2, -0.15) is 0 Å². The first kappa shape index (κ1) is 14.2. The van der Waals surface area contributed by atoms with Crippen molar-refractivity contribution in [3.05, 3.63) is 48.0 Å². The zero-order chi connectivity index (χ0) is 13.7. The molecule has 3 nitrogen and oxygen atoms in total. The van der Waals surface area contributed by atoms with Crippen LogP contribution in [0.25, 0.3) is 0 Å². The van der Waals surface area contributed by atoms with Crippen LogP contribution in [-0.4, -0.2) is 20.4 Å². The first-order valence-corrected chi connectivity index (χ1v) is 7.58. The van der Waals surface area contributed by atoms with E-state index < -0.39 is 6.10 Å². The van der Waals surface area contributed by atoms with Gasteiger partial charge in [0.1, 0.15) is 11.9 Å². The van der Waals surface area contributed by atoms with Gasteiger partial charge in [-0.1, -0.05) is 25.1 Å². The van der Waals surface area contributed by atoms with Crippen molar-refractivity contribution in [2.75, 3.05) is 5.75 Å². The molecule has 0 bridgehead atoms. The van der Waals surface area contributed by atoms with Gasteiger partial charge in [0.05, 0.1) is 0 Å². The van der Waals surface area contributed by atoms with Gasteiger partial charge in [-0.15, -0.1) is 11.8 Å². The van der Waals surface area contributed by atoms with E-state index in [-0.39, 0.29) is 0 Å². The third-order valence-electron chi connectivity index (χ3n) is 3.00. The molecule has 0 aliphatic rings. The number of benzene rings is 1. The molecular weight excluding hydrogens is 256 g/mol. The van der Waals surface area contributed by atoms with Crippen molar-refractivity contribution < 1.29 is 5.11 Å². The van der Waals surface area contributed by atoms with Crippen LogP contribution in [0.5, 0.6) is 0 Å². The Hall–Kier alpha value is -1.26. The third-order valence-corrected chi connectivity index (χ3v) is 4.25. The lowest BCUT2D eigenvalue weighted by Gasteiger charge is -2.13. The van der Waals surface area contributed by atoms with E-state index in [2.05, 4.69) is 31.0 Å². The lowest BCUT2D eigenvalue weighted by atomic mass is 10.2. The first-order chi connectivity index (χ1) is 9.22. The topological polar surface area (TPSA) is 38.0 Å². The van der Waals surface area contributed by atoms with Crippen LogP contribution in [0.3, 0.4) is 0 Å². The highest BCUT2D eigenvalue weighted by molar-refractivity contribution is 7.99. The number of hydrogen-bond acceptors (Lipinski definition) is 3. The molecule has 0 radical (unpaired) electrons. The number of thioether (sulfide) groups is 1. The summed E-state index contributed by atoms with van der Waals surface area (Å²) in [5.41, 5.74) is 1.25. The molecule has 0 aliphatic carbocycles. The summed E-state index contributed by atoms with van der Waals surface area (Å²) in [7, 11) is 0. The molecule has 1 aromatic heterocycles. The molecule has 2 rings (SSSR count). The predicted molar refractivity (Wildman–Crippen MR) is 79.4 cm³/mol. The smallest absolute Gasteiger partial charge is 0.138 e. The molecule has 2 aromatic rings. The number of aryl methyl sites for hydroxylation is 2. The van der Waals surface area contributed by atoms with Crippen molar-refractivity contribution in [2.24, 2.45) is 0 Å². The standard InChI is InChI=1S/C15H20N2OS/c1-3-9-17-10-8-16-15(17)13(18)11-19-14-7-5-4-6-12(14)2/h4-8,10,13,18H,3,9,11H2,1-2H3. The Kier molecular flexibility index (Phi) is 5.05. The quantitative estimate of drug-likeness (QED) is 0.821. The number of aliphatic hydroxyl groups is 1. The van der Waals surface area contributed by atoms with E-state index in [0.29, 0.717) is 5.75 Å². The van der Waals surface area contributed by atoms with Crippen LogP contribution in [0.2, 0.25) is 0 Å². The molecule has 0 aliphatic heterocycles. The lowest BCUT2D eigenvalue weighted by molar-refractivity contribution is 0.188. The van der Waals surface area contributed by atoms with Gasteiger partial charge in [0.2, 0.25) is 0 Å². The van der Waals surface area contributed by atoms with Crippen molar-refractivity contribution in [3.8, 4) is 0 Å². The van der Waals surface area contributed by atoms with Gasteiger partial charge in [-0.05, 0) is 25.0 Å². The van der Waals surface area contributed by atoms with E-state index in [4.69, 9.17) is 0 Å². The number of nitrogens with zero attached hydrogens (tertiary/aromatic N) is 2. The molecule has 1 aromatic carbocycles. The fourth-order valence-electron chi connectivity index (χ4n) is 2.01. The summed E-state index contributed by atoms with van der Waals surface area (Å²) in [5, 5.41) is 10.3. The van der Waals surface area contributed by atoms with Gasteiger partial charge in [0.15, 0.2) is 0 Å². The molecule has 1 heterocycles. The Bertz CT molecular complexity index is 524.